The lowest BCUT2D eigenvalue weighted by Gasteiger charge is -2.12. The molecule has 0 radical (unpaired) electrons. The molecule has 0 aliphatic heterocycles. The number of halogens is 5. The van der Waals surface area contributed by atoms with Crippen molar-refractivity contribution in [1.82, 2.24) is 4.98 Å². The fraction of sp³-hybridized carbons (Fsp3) is 0.182. The van der Waals surface area contributed by atoms with Crippen molar-refractivity contribution in [2.45, 2.75) is 6.18 Å². The third-order valence-electron chi connectivity index (χ3n) is 2.39. The number of hydrogen-bond acceptors (Lipinski definition) is 2. The van der Waals surface area contributed by atoms with Crippen LogP contribution in [0.4, 0.5) is 18.9 Å². The molecule has 1 aromatic heterocycles. The van der Waals surface area contributed by atoms with Gasteiger partial charge in [0.25, 0.3) is 0 Å². The number of aromatic nitrogens is 1. The van der Waals surface area contributed by atoms with Gasteiger partial charge in [-0.15, -0.1) is 0 Å². The Hall–Kier alpha value is -0.820. The maximum atomic E-state index is 12.7. The first-order valence-corrected chi connectivity index (χ1v) is 6.46. The number of anilines is 1. The quantitative estimate of drug-likeness (QED) is 0.763. The van der Waals surface area contributed by atoms with Crippen LogP contribution in [-0.4, -0.2) is 12.0 Å². The summed E-state index contributed by atoms with van der Waals surface area (Å²) in [4.78, 5) is 3.66. The van der Waals surface area contributed by atoms with Crippen molar-refractivity contribution in [2.24, 2.45) is 0 Å². The summed E-state index contributed by atoms with van der Waals surface area (Å²) in [6, 6.07) is 4.38. The second kappa shape index (κ2) is 4.70. The van der Waals surface area contributed by atoms with E-state index in [0.29, 0.717) is 15.5 Å². The highest BCUT2D eigenvalue weighted by Crippen LogP contribution is 2.36. The Morgan fingerprint density at radius 2 is 1.83 bits per heavy atom. The average molecular weight is 384 g/mol. The number of nitrogens with one attached hydrogen (secondary N) is 1. The van der Waals surface area contributed by atoms with E-state index in [0.717, 1.165) is 10.5 Å². The number of pyridine rings is 1. The monoisotopic (exact) mass is 382 g/mol. The molecule has 0 aliphatic rings. The van der Waals surface area contributed by atoms with Crippen LogP contribution in [0.25, 0.3) is 10.9 Å². The Bertz CT molecular complexity index is 611. The van der Waals surface area contributed by atoms with Gasteiger partial charge >= 0.3 is 6.18 Å². The van der Waals surface area contributed by atoms with E-state index < -0.39 is 11.9 Å². The van der Waals surface area contributed by atoms with Crippen molar-refractivity contribution in [3.63, 3.8) is 0 Å². The van der Waals surface area contributed by atoms with Gasteiger partial charge in [0.1, 0.15) is 5.69 Å². The SMILES string of the molecule is CNc1cc(C(F)(F)F)nc2c(Br)cc(Br)cc12. The summed E-state index contributed by atoms with van der Waals surface area (Å²) in [6.45, 7) is 0. The zero-order valence-corrected chi connectivity index (χ0v) is 12.2. The number of hydrogen-bond donors (Lipinski definition) is 1. The lowest BCUT2D eigenvalue weighted by molar-refractivity contribution is -0.140. The van der Waals surface area contributed by atoms with Crippen LogP contribution < -0.4 is 5.32 Å². The molecular weight excluding hydrogens is 377 g/mol. The van der Waals surface area contributed by atoms with Crippen LogP contribution in [0.5, 0.6) is 0 Å². The summed E-state index contributed by atoms with van der Waals surface area (Å²) in [7, 11) is 1.57. The highest BCUT2D eigenvalue weighted by Gasteiger charge is 2.33. The van der Waals surface area contributed by atoms with E-state index in [-0.39, 0.29) is 5.52 Å². The molecule has 0 saturated carbocycles. The minimum Gasteiger partial charge on any atom is -0.388 e. The molecule has 7 heteroatoms. The van der Waals surface area contributed by atoms with E-state index in [4.69, 9.17) is 0 Å². The van der Waals surface area contributed by atoms with Crippen molar-refractivity contribution >= 4 is 48.5 Å². The number of alkyl halides is 3. The third kappa shape index (κ3) is 2.47. The summed E-state index contributed by atoms with van der Waals surface area (Å²) in [5.41, 5.74) is -0.255. The lowest BCUT2D eigenvalue weighted by Crippen LogP contribution is -2.09. The zero-order valence-electron chi connectivity index (χ0n) is 9.07. The molecule has 0 fully saturated rings. The van der Waals surface area contributed by atoms with Gasteiger partial charge in [-0.3, -0.25) is 0 Å². The van der Waals surface area contributed by atoms with Crippen LogP contribution in [0.3, 0.4) is 0 Å². The normalized spacial score (nSPS) is 11.9. The molecule has 1 aromatic carbocycles. The molecule has 0 saturated heterocycles. The number of rotatable bonds is 1. The first-order valence-electron chi connectivity index (χ1n) is 4.87. The van der Waals surface area contributed by atoms with Crippen LogP contribution >= 0.6 is 31.9 Å². The molecule has 2 nitrogen and oxygen atoms in total. The van der Waals surface area contributed by atoms with E-state index >= 15 is 0 Å². The Morgan fingerprint density at radius 1 is 1.17 bits per heavy atom. The molecule has 1 heterocycles. The van der Waals surface area contributed by atoms with E-state index in [9.17, 15) is 13.2 Å². The molecule has 2 rings (SSSR count). The van der Waals surface area contributed by atoms with E-state index in [1.807, 2.05) is 0 Å². The smallest absolute Gasteiger partial charge is 0.388 e. The molecule has 18 heavy (non-hydrogen) atoms. The van der Waals surface area contributed by atoms with Gasteiger partial charge in [-0.1, -0.05) is 15.9 Å². The van der Waals surface area contributed by atoms with Gasteiger partial charge in [0.05, 0.1) is 5.52 Å². The summed E-state index contributed by atoms with van der Waals surface area (Å²) in [5, 5.41) is 3.37. The molecule has 0 aliphatic carbocycles. The summed E-state index contributed by atoms with van der Waals surface area (Å²) < 4.78 is 39.5. The predicted octanol–water partition coefficient (Wildman–Crippen LogP) is 4.82. The molecule has 0 unspecified atom stereocenters. The number of benzene rings is 1. The van der Waals surface area contributed by atoms with Crippen LogP contribution in [0.2, 0.25) is 0 Å². The lowest BCUT2D eigenvalue weighted by atomic mass is 10.1. The van der Waals surface area contributed by atoms with Crippen molar-refractivity contribution < 1.29 is 13.2 Å². The second-order valence-corrected chi connectivity index (χ2v) is 5.36. The van der Waals surface area contributed by atoms with Crippen LogP contribution in [-0.2, 0) is 6.18 Å². The van der Waals surface area contributed by atoms with Gasteiger partial charge in [0, 0.05) is 27.1 Å². The van der Waals surface area contributed by atoms with Gasteiger partial charge < -0.3 is 5.32 Å². The van der Waals surface area contributed by atoms with Crippen molar-refractivity contribution in [2.75, 3.05) is 12.4 Å². The first kappa shape index (κ1) is 13.6. The molecule has 2 aromatic rings. The van der Waals surface area contributed by atoms with Crippen LogP contribution in [0.15, 0.2) is 27.1 Å². The average Bonchev–Trinajstić information content (AvgIpc) is 2.26. The van der Waals surface area contributed by atoms with Crippen LogP contribution in [0, 0.1) is 0 Å². The number of fused-ring (bicyclic) bond motifs is 1. The Kier molecular flexibility index (Phi) is 3.55. The molecule has 1 N–H and O–H groups in total. The summed E-state index contributed by atoms with van der Waals surface area (Å²) >= 11 is 6.52. The van der Waals surface area contributed by atoms with Crippen molar-refractivity contribution in [1.29, 1.82) is 0 Å². The molecule has 96 valence electrons. The van der Waals surface area contributed by atoms with E-state index in [1.54, 1.807) is 19.2 Å². The minimum absolute atomic E-state index is 0.275. The second-order valence-electron chi connectivity index (χ2n) is 3.59. The Balaban J connectivity index is 2.84. The molecule has 0 atom stereocenters. The fourth-order valence-corrected chi connectivity index (χ4v) is 2.92. The highest BCUT2D eigenvalue weighted by molar-refractivity contribution is 9.11. The topological polar surface area (TPSA) is 24.9 Å². The Labute approximate surface area is 118 Å². The standard InChI is InChI=1S/C11H7Br2F3N2/c1-17-8-4-9(11(14,15)16)18-10-6(8)2-5(12)3-7(10)13/h2-4H,1H3,(H,17,18). The van der Waals surface area contributed by atoms with Gasteiger partial charge in [-0.25, -0.2) is 4.98 Å². The van der Waals surface area contributed by atoms with Gasteiger partial charge in [-0.2, -0.15) is 13.2 Å². The highest BCUT2D eigenvalue weighted by atomic mass is 79.9. The third-order valence-corrected chi connectivity index (χ3v) is 3.45. The Morgan fingerprint density at radius 3 is 2.39 bits per heavy atom. The fourth-order valence-electron chi connectivity index (χ4n) is 1.60. The largest absolute Gasteiger partial charge is 0.433 e. The zero-order chi connectivity index (χ0) is 13.5. The maximum absolute atomic E-state index is 12.7. The van der Waals surface area contributed by atoms with Crippen LogP contribution in [0.1, 0.15) is 5.69 Å². The summed E-state index contributed by atoms with van der Waals surface area (Å²) in [6.07, 6.45) is -4.47. The van der Waals surface area contributed by atoms with E-state index in [2.05, 4.69) is 42.2 Å². The van der Waals surface area contributed by atoms with Gasteiger partial charge in [-0.05, 0) is 34.1 Å². The van der Waals surface area contributed by atoms with Gasteiger partial charge in [0.2, 0.25) is 0 Å². The predicted molar refractivity (Wildman–Crippen MR) is 71.7 cm³/mol. The number of nitrogens with zero attached hydrogens (tertiary/aromatic N) is 1. The molecule has 0 amide bonds. The van der Waals surface area contributed by atoms with Crippen molar-refractivity contribution in [3.8, 4) is 0 Å². The van der Waals surface area contributed by atoms with Crippen molar-refractivity contribution in [3.05, 3.63) is 32.8 Å². The molecule has 0 bridgehead atoms. The first-order chi connectivity index (χ1) is 8.32. The van der Waals surface area contributed by atoms with Gasteiger partial charge in [0.15, 0.2) is 0 Å². The molecular formula is C11H7Br2F3N2. The summed E-state index contributed by atoms with van der Waals surface area (Å²) in [5.74, 6) is 0. The van der Waals surface area contributed by atoms with E-state index in [1.165, 1.54) is 0 Å². The minimum atomic E-state index is -4.47. The maximum Gasteiger partial charge on any atom is 0.433 e. The molecule has 0 spiro atoms.